The van der Waals surface area contributed by atoms with Gasteiger partial charge in [-0.25, -0.2) is 0 Å². The molecular formula is C37H63NO7. The van der Waals surface area contributed by atoms with E-state index in [-0.39, 0.29) is 55.5 Å². The molecule has 0 saturated carbocycles. The van der Waals surface area contributed by atoms with Gasteiger partial charge in [0.25, 0.3) is 0 Å². The Hall–Kier alpha value is -2.71. The molecule has 0 N–H and O–H groups in total. The number of hydrogen-bond acceptors (Lipinski definition) is 7. The highest BCUT2D eigenvalue weighted by Gasteiger charge is 2.25. The average molecular weight is 634 g/mol. The molecule has 0 aliphatic carbocycles. The van der Waals surface area contributed by atoms with E-state index in [1.54, 1.807) is 21.1 Å². The number of quaternary nitrogens is 1. The Morgan fingerprint density at radius 1 is 0.689 bits per heavy atom. The fourth-order valence-corrected chi connectivity index (χ4v) is 4.50. The van der Waals surface area contributed by atoms with Gasteiger partial charge in [0.05, 0.1) is 40.3 Å². The van der Waals surface area contributed by atoms with Crippen LogP contribution in [0.3, 0.4) is 0 Å². The van der Waals surface area contributed by atoms with Crippen LogP contribution >= 0.6 is 0 Å². The molecule has 0 spiro atoms. The number of aliphatic carboxylic acids is 1. The van der Waals surface area contributed by atoms with E-state index in [2.05, 4.69) is 62.5 Å². The first-order valence-electron chi connectivity index (χ1n) is 17.2. The summed E-state index contributed by atoms with van der Waals surface area (Å²) in [5.41, 5.74) is 0. The lowest BCUT2D eigenvalue weighted by atomic mass is 10.1. The Kier molecular flexibility index (Phi) is 27.0. The van der Waals surface area contributed by atoms with Gasteiger partial charge in [0.2, 0.25) is 0 Å². The Morgan fingerprint density at radius 2 is 1.27 bits per heavy atom. The first-order chi connectivity index (χ1) is 21.6. The second-order valence-electron chi connectivity index (χ2n) is 12.4. The van der Waals surface area contributed by atoms with Crippen LogP contribution in [0.2, 0.25) is 0 Å². The zero-order valence-corrected chi connectivity index (χ0v) is 29.0. The third-order valence-electron chi connectivity index (χ3n) is 7.20. The molecule has 0 aromatic heterocycles. The molecule has 8 nitrogen and oxygen atoms in total. The zero-order valence-electron chi connectivity index (χ0n) is 29.0. The van der Waals surface area contributed by atoms with Crippen molar-refractivity contribution in [3.05, 3.63) is 48.6 Å². The lowest BCUT2D eigenvalue weighted by molar-refractivity contribution is -0.889. The maximum atomic E-state index is 12.6. The van der Waals surface area contributed by atoms with Gasteiger partial charge in [-0.15, -0.1) is 0 Å². The van der Waals surface area contributed by atoms with Crippen molar-refractivity contribution in [1.29, 1.82) is 0 Å². The molecule has 0 aromatic carbocycles. The van der Waals surface area contributed by atoms with Gasteiger partial charge in [0, 0.05) is 19.3 Å². The van der Waals surface area contributed by atoms with Crippen molar-refractivity contribution in [2.24, 2.45) is 0 Å². The molecule has 258 valence electrons. The second kappa shape index (κ2) is 28.7. The highest BCUT2D eigenvalue weighted by molar-refractivity contribution is 5.70. The van der Waals surface area contributed by atoms with Crippen LogP contribution in [0.5, 0.6) is 0 Å². The van der Waals surface area contributed by atoms with Gasteiger partial charge in [0.1, 0.15) is 12.6 Å². The molecule has 2 unspecified atom stereocenters. The number of hydrogen-bond donors (Lipinski definition) is 0. The van der Waals surface area contributed by atoms with Crippen molar-refractivity contribution in [3.63, 3.8) is 0 Å². The third kappa shape index (κ3) is 27.3. The first-order valence-corrected chi connectivity index (χ1v) is 17.2. The Balaban J connectivity index is 4.60. The van der Waals surface area contributed by atoms with E-state index in [9.17, 15) is 19.5 Å². The largest absolute Gasteiger partial charge is 0.544 e. The van der Waals surface area contributed by atoms with Crippen LogP contribution in [0.1, 0.15) is 117 Å². The van der Waals surface area contributed by atoms with E-state index in [1.807, 2.05) is 0 Å². The molecule has 0 radical (unpaired) electrons. The zero-order chi connectivity index (χ0) is 33.6. The summed E-state index contributed by atoms with van der Waals surface area (Å²) in [6.07, 6.45) is 30.1. The maximum Gasteiger partial charge on any atom is 0.306 e. The molecule has 45 heavy (non-hydrogen) atoms. The SMILES string of the molecule is CC/C=C/C/C=C/C/C=C/CCCCC(=O)OC(COCCC(C(=O)[O-])[N+](C)(C)C)COC(=O)CCC/C=C/CCCCCC. The Labute approximate surface area is 274 Å². The fraction of sp³-hybridized carbons (Fsp3) is 0.703. The summed E-state index contributed by atoms with van der Waals surface area (Å²) < 4.78 is 16.9. The number of esters is 2. The number of carbonyl (C=O) groups is 3. The van der Waals surface area contributed by atoms with Crippen LogP contribution in [0, 0.1) is 0 Å². The smallest absolute Gasteiger partial charge is 0.306 e. The minimum Gasteiger partial charge on any atom is -0.544 e. The lowest BCUT2D eigenvalue weighted by Gasteiger charge is -2.34. The van der Waals surface area contributed by atoms with E-state index in [0.717, 1.165) is 44.9 Å². The van der Waals surface area contributed by atoms with Gasteiger partial charge in [-0.1, -0.05) is 81.7 Å². The van der Waals surface area contributed by atoms with Gasteiger partial charge in [-0.05, 0) is 64.2 Å². The maximum absolute atomic E-state index is 12.6. The highest BCUT2D eigenvalue weighted by Crippen LogP contribution is 2.10. The van der Waals surface area contributed by atoms with Gasteiger partial charge in [-0.2, -0.15) is 0 Å². The molecule has 0 heterocycles. The number of rotatable bonds is 29. The number of carboxylic acid groups (broad SMARTS) is 1. The molecule has 2 atom stereocenters. The monoisotopic (exact) mass is 633 g/mol. The molecule has 0 aromatic rings. The van der Waals surface area contributed by atoms with E-state index >= 15 is 0 Å². The number of allylic oxidation sites excluding steroid dienone is 8. The van der Waals surface area contributed by atoms with Gasteiger partial charge in [0.15, 0.2) is 6.10 Å². The van der Waals surface area contributed by atoms with E-state index < -0.39 is 18.1 Å². The van der Waals surface area contributed by atoms with Gasteiger partial charge >= 0.3 is 11.9 Å². The molecule has 8 heteroatoms. The predicted octanol–water partition coefficient (Wildman–Crippen LogP) is 6.79. The van der Waals surface area contributed by atoms with E-state index in [0.29, 0.717) is 12.8 Å². The quantitative estimate of drug-likeness (QED) is 0.0387. The van der Waals surface area contributed by atoms with Crippen molar-refractivity contribution in [3.8, 4) is 0 Å². The minimum absolute atomic E-state index is 0.0151. The van der Waals surface area contributed by atoms with E-state index in [1.165, 1.54) is 25.7 Å². The summed E-state index contributed by atoms with van der Waals surface area (Å²) in [5, 5.41) is 11.5. The Morgan fingerprint density at radius 3 is 1.89 bits per heavy atom. The number of carboxylic acids is 1. The van der Waals surface area contributed by atoms with Crippen molar-refractivity contribution in [2.75, 3.05) is 41.0 Å². The van der Waals surface area contributed by atoms with Crippen molar-refractivity contribution in [2.45, 2.75) is 129 Å². The fourth-order valence-electron chi connectivity index (χ4n) is 4.50. The molecule has 0 aliphatic heterocycles. The summed E-state index contributed by atoms with van der Waals surface area (Å²) in [6, 6.07) is -0.734. The summed E-state index contributed by atoms with van der Waals surface area (Å²) in [4.78, 5) is 36.4. The van der Waals surface area contributed by atoms with Crippen LogP contribution in [0.25, 0.3) is 0 Å². The molecule has 0 aliphatic rings. The molecule has 0 fully saturated rings. The topological polar surface area (TPSA) is 102 Å². The number of likely N-dealkylation sites (N-methyl/N-ethyl adjacent to an activating group) is 1. The summed E-state index contributed by atoms with van der Waals surface area (Å²) >= 11 is 0. The number of ether oxygens (including phenoxy) is 3. The van der Waals surface area contributed by atoms with Crippen molar-refractivity contribution in [1.82, 2.24) is 0 Å². The third-order valence-corrected chi connectivity index (χ3v) is 7.20. The number of carbonyl (C=O) groups excluding carboxylic acids is 3. The molecule has 0 saturated heterocycles. The van der Waals surface area contributed by atoms with Crippen molar-refractivity contribution >= 4 is 17.9 Å². The first kappa shape index (κ1) is 42.3. The normalized spacial score (nSPS) is 13.7. The van der Waals surface area contributed by atoms with Crippen molar-refractivity contribution < 1.29 is 38.2 Å². The van der Waals surface area contributed by atoms with Crippen LogP contribution in [0.4, 0.5) is 0 Å². The van der Waals surface area contributed by atoms with Crippen LogP contribution in [-0.2, 0) is 28.6 Å². The average Bonchev–Trinajstić information content (AvgIpc) is 2.98. The van der Waals surface area contributed by atoms with Gasteiger partial charge < -0.3 is 28.6 Å². The molecule has 0 rings (SSSR count). The Bertz CT molecular complexity index is 886. The molecule has 0 bridgehead atoms. The highest BCUT2D eigenvalue weighted by atomic mass is 16.6. The minimum atomic E-state index is -1.14. The van der Waals surface area contributed by atoms with Crippen LogP contribution in [0.15, 0.2) is 48.6 Å². The van der Waals surface area contributed by atoms with Gasteiger partial charge in [-0.3, -0.25) is 9.59 Å². The molecule has 0 amide bonds. The summed E-state index contributed by atoms with van der Waals surface area (Å²) in [5.74, 6) is -1.84. The van der Waals surface area contributed by atoms with Crippen LogP contribution in [-0.4, -0.2) is 75.5 Å². The van der Waals surface area contributed by atoms with E-state index in [4.69, 9.17) is 14.2 Å². The molecular weight excluding hydrogens is 570 g/mol. The number of unbranched alkanes of at least 4 members (excludes halogenated alkanes) is 7. The van der Waals surface area contributed by atoms with Crippen LogP contribution < -0.4 is 5.11 Å². The number of nitrogens with zero attached hydrogens (tertiary/aromatic N) is 1. The standard InChI is InChI=1S/C37H63NO7/c1-6-8-10-12-14-16-17-18-20-22-24-26-28-36(40)45-33(31-43-30-29-34(37(41)42)38(3,4)5)32-44-35(39)27-25-23-21-19-15-13-11-9-7-2/h8,10,14,16,18-21,33-34H,6-7,9,11-13,15,17,22-32H2,1-5H3/b10-8+,16-14+,20-18+,21-19+. The predicted molar refractivity (Wildman–Crippen MR) is 180 cm³/mol. The lowest BCUT2D eigenvalue weighted by Crippen LogP contribution is -2.55. The summed E-state index contributed by atoms with van der Waals surface area (Å²) in [6.45, 7) is 4.39. The second-order valence-corrected chi connectivity index (χ2v) is 12.4. The summed E-state index contributed by atoms with van der Waals surface area (Å²) in [7, 11) is 5.36.